The van der Waals surface area contributed by atoms with Crippen molar-refractivity contribution in [1.82, 2.24) is 14.9 Å². The van der Waals surface area contributed by atoms with Gasteiger partial charge in [0.25, 0.3) is 5.89 Å². The highest BCUT2D eigenvalue weighted by atomic mass is 32.2. The van der Waals surface area contributed by atoms with Crippen LogP contribution in [0.5, 0.6) is 0 Å². The molecule has 1 aromatic heterocycles. The maximum Gasteiger partial charge on any atom is 0.323 e. The Balaban J connectivity index is 1.79. The van der Waals surface area contributed by atoms with Crippen LogP contribution in [0.2, 0.25) is 0 Å². The predicted molar refractivity (Wildman–Crippen MR) is 102 cm³/mol. The number of methoxy groups -OCH3 is 1. The summed E-state index contributed by atoms with van der Waals surface area (Å²) in [5, 5.41) is 3.96. The molecule has 8 nitrogen and oxygen atoms in total. The second-order valence-corrected chi connectivity index (χ2v) is 7.89. The van der Waals surface area contributed by atoms with E-state index in [0.29, 0.717) is 11.4 Å². The van der Waals surface area contributed by atoms with Crippen LogP contribution in [0.15, 0.2) is 57.9 Å². The van der Waals surface area contributed by atoms with E-state index in [1.807, 2.05) is 31.2 Å². The summed E-state index contributed by atoms with van der Waals surface area (Å²) in [7, 11) is -2.68. The summed E-state index contributed by atoms with van der Waals surface area (Å²) >= 11 is 0. The Labute approximate surface area is 162 Å². The molecule has 28 heavy (non-hydrogen) atoms. The topological polar surface area (TPSA) is 111 Å². The number of carbonyl (C=O) groups is 1. The molecule has 0 aliphatic rings. The summed E-state index contributed by atoms with van der Waals surface area (Å²) in [5.41, 5.74) is 2.52. The third-order valence-electron chi connectivity index (χ3n) is 4.03. The molecule has 0 spiro atoms. The number of sulfonamides is 1. The van der Waals surface area contributed by atoms with Gasteiger partial charge in [0.1, 0.15) is 6.04 Å². The number of aromatic nitrogens is 2. The van der Waals surface area contributed by atoms with Crippen molar-refractivity contribution in [2.45, 2.75) is 24.8 Å². The Morgan fingerprint density at radius 2 is 1.68 bits per heavy atom. The van der Waals surface area contributed by atoms with Gasteiger partial charge in [-0.3, -0.25) is 4.79 Å². The smallest absolute Gasteiger partial charge is 0.323 e. The minimum atomic E-state index is -3.87. The molecule has 0 saturated carbocycles. The number of rotatable bonds is 6. The van der Waals surface area contributed by atoms with Crippen LogP contribution in [0, 0.1) is 6.92 Å². The second-order valence-electron chi connectivity index (χ2n) is 6.18. The van der Waals surface area contributed by atoms with Crippen molar-refractivity contribution in [2.75, 3.05) is 7.11 Å². The van der Waals surface area contributed by atoms with E-state index >= 15 is 0 Å². The van der Waals surface area contributed by atoms with Crippen molar-refractivity contribution in [2.24, 2.45) is 0 Å². The standard InChI is InChI=1S/C19H19N3O5S/c1-12-4-6-14(7-5-12)17-20-18(27-21-17)15-8-10-16(11-9-15)28(24,25)22-13(2)19(23)26-3/h4-11,13,22H,1-3H3/t13-/m1/s1. The first-order chi connectivity index (χ1) is 13.3. The quantitative estimate of drug-likeness (QED) is 0.632. The summed E-state index contributed by atoms with van der Waals surface area (Å²) in [4.78, 5) is 15.8. The van der Waals surface area contributed by atoms with Crippen LogP contribution in [0.4, 0.5) is 0 Å². The van der Waals surface area contributed by atoms with E-state index in [-0.39, 0.29) is 10.8 Å². The van der Waals surface area contributed by atoms with Crippen LogP contribution < -0.4 is 4.72 Å². The van der Waals surface area contributed by atoms with E-state index in [2.05, 4.69) is 19.6 Å². The number of hydrogen-bond donors (Lipinski definition) is 1. The van der Waals surface area contributed by atoms with Crippen molar-refractivity contribution in [3.63, 3.8) is 0 Å². The Morgan fingerprint density at radius 3 is 2.29 bits per heavy atom. The molecule has 0 saturated heterocycles. The molecule has 1 heterocycles. The molecule has 0 unspecified atom stereocenters. The minimum absolute atomic E-state index is 0.00489. The molecule has 0 aliphatic carbocycles. The van der Waals surface area contributed by atoms with Gasteiger partial charge in [-0.05, 0) is 38.1 Å². The van der Waals surface area contributed by atoms with Crippen LogP contribution in [-0.4, -0.2) is 37.7 Å². The molecule has 9 heteroatoms. The van der Waals surface area contributed by atoms with Gasteiger partial charge in [-0.1, -0.05) is 35.0 Å². The van der Waals surface area contributed by atoms with Gasteiger partial charge in [-0.2, -0.15) is 9.71 Å². The Bertz CT molecular complexity index is 1070. The maximum atomic E-state index is 12.4. The van der Waals surface area contributed by atoms with Crippen LogP contribution >= 0.6 is 0 Å². The molecule has 0 bridgehead atoms. The van der Waals surface area contributed by atoms with Gasteiger partial charge in [0.2, 0.25) is 15.8 Å². The van der Waals surface area contributed by atoms with Gasteiger partial charge in [0, 0.05) is 11.1 Å². The molecule has 1 atom stereocenters. The van der Waals surface area contributed by atoms with Crippen molar-refractivity contribution in [3.8, 4) is 22.8 Å². The molecule has 0 fully saturated rings. The van der Waals surface area contributed by atoms with E-state index in [9.17, 15) is 13.2 Å². The predicted octanol–water partition coefficient (Wildman–Crippen LogP) is 2.55. The normalized spacial score (nSPS) is 12.5. The monoisotopic (exact) mass is 401 g/mol. The van der Waals surface area contributed by atoms with Gasteiger partial charge in [0.15, 0.2) is 0 Å². The number of nitrogens with zero attached hydrogens (tertiary/aromatic N) is 2. The Kier molecular flexibility index (Phi) is 5.57. The number of benzene rings is 2. The fourth-order valence-corrected chi connectivity index (χ4v) is 3.66. The first kappa shape index (κ1) is 19.7. The fourth-order valence-electron chi connectivity index (χ4n) is 2.46. The highest BCUT2D eigenvalue weighted by Gasteiger charge is 2.22. The molecule has 1 N–H and O–H groups in total. The lowest BCUT2D eigenvalue weighted by Gasteiger charge is -2.12. The van der Waals surface area contributed by atoms with E-state index < -0.39 is 22.0 Å². The maximum absolute atomic E-state index is 12.4. The lowest BCUT2D eigenvalue weighted by molar-refractivity contribution is -0.142. The van der Waals surface area contributed by atoms with Crippen LogP contribution in [-0.2, 0) is 19.6 Å². The highest BCUT2D eigenvalue weighted by molar-refractivity contribution is 7.89. The molecule has 3 rings (SSSR count). The van der Waals surface area contributed by atoms with Crippen molar-refractivity contribution >= 4 is 16.0 Å². The number of hydrogen-bond acceptors (Lipinski definition) is 7. The highest BCUT2D eigenvalue weighted by Crippen LogP contribution is 2.23. The third-order valence-corrected chi connectivity index (χ3v) is 5.59. The number of aryl methyl sites for hydroxylation is 1. The molecule has 3 aromatic rings. The van der Waals surface area contributed by atoms with Gasteiger partial charge >= 0.3 is 5.97 Å². The molecular weight excluding hydrogens is 382 g/mol. The largest absolute Gasteiger partial charge is 0.468 e. The van der Waals surface area contributed by atoms with Crippen molar-refractivity contribution < 1.29 is 22.5 Å². The number of carbonyl (C=O) groups excluding carboxylic acids is 1. The molecule has 2 aromatic carbocycles. The lowest BCUT2D eigenvalue weighted by Crippen LogP contribution is -2.39. The van der Waals surface area contributed by atoms with Gasteiger partial charge in [-0.15, -0.1) is 0 Å². The second kappa shape index (κ2) is 7.91. The summed E-state index contributed by atoms with van der Waals surface area (Å²) in [6.45, 7) is 3.39. The molecule has 0 aliphatic heterocycles. The first-order valence-electron chi connectivity index (χ1n) is 8.41. The Hall–Kier alpha value is -3.04. The van der Waals surface area contributed by atoms with Gasteiger partial charge in [0.05, 0.1) is 12.0 Å². The zero-order valence-corrected chi connectivity index (χ0v) is 16.4. The SMILES string of the molecule is COC(=O)[C@@H](C)NS(=O)(=O)c1ccc(-c2nc(-c3ccc(C)cc3)no2)cc1. The fraction of sp³-hybridized carbons (Fsp3) is 0.211. The molecule has 0 radical (unpaired) electrons. The van der Waals surface area contributed by atoms with E-state index in [1.54, 1.807) is 12.1 Å². The summed E-state index contributed by atoms with van der Waals surface area (Å²) in [6, 6.07) is 12.6. The lowest BCUT2D eigenvalue weighted by atomic mass is 10.1. The summed E-state index contributed by atoms with van der Waals surface area (Å²) in [5.74, 6) is 0.0466. The van der Waals surface area contributed by atoms with Crippen LogP contribution in [0.3, 0.4) is 0 Å². The van der Waals surface area contributed by atoms with Crippen molar-refractivity contribution in [3.05, 3.63) is 54.1 Å². The van der Waals surface area contributed by atoms with Gasteiger partial charge < -0.3 is 9.26 Å². The number of esters is 1. The molecular formula is C19H19N3O5S. The van der Waals surface area contributed by atoms with Gasteiger partial charge in [-0.25, -0.2) is 8.42 Å². The average Bonchev–Trinajstić information content (AvgIpc) is 3.18. The molecule has 0 amide bonds. The number of ether oxygens (including phenoxy) is 1. The molecule has 146 valence electrons. The summed E-state index contributed by atoms with van der Waals surface area (Å²) < 4.78 is 36.8. The average molecular weight is 401 g/mol. The van der Waals surface area contributed by atoms with E-state index in [0.717, 1.165) is 11.1 Å². The first-order valence-corrected chi connectivity index (χ1v) is 9.90. The summed E-state index contributed by atoms with van der Waals surface area (Å²) in [6.07, 6.45) is 0. The zero-order valence-electron chi connectivity index (χ0n) is 15.5. The minimum Gasteiger partial charge on any atom is -0.468 e. The zero-order chi connectivity index (χ0) is 20.3. The van der Waals surface area contributed by atoms with Crippen LogP contribution in [0.1, 0.15) is 12.5 Å². The van der Waals surface area contributed by atoms with E-state index in [1.165, 1.54) is 26.2 Å². The van der Waals surface area contributed by atoms with Crippen molar-refractivity contribution in [1.29, 1.82) is 0 Å². The van der Waals surface area contributed by atoms with E-state index in [4.69, 9.17) is 4.52 Å². The van der Waals surface area contributed by atoms with Crippen LogP contribution in [0.25, 0.3) is 22.8 Å². The Morgan fingerprint density at radius 1 is 1.07 bits per heavy atom. The number of nitrogens with one attached hydrogen (secondary N) is 1. The third kappa shape index (κ3) is 4.26.